The summed E-state index contributed by atoms with van der Waals surface area (Å²) in [5.41, 5.74) is 6.35. The molecule has 0 aliphatic heterocycles. The predicted octanol–water partition coefficient (Wildman–Crippen LogP) is 2.35. The van der Waals surface area contributed by atoms with Gasteiger partial charge in [-0.1, -0.05) is 20.8 Å². The lowest BCUT2D eigenvalue weighted by molar-refractivity contribution is 0.0241. The van der Waals surface area contributed by atoms with Crippen molar-refractivity contribution < 1.29 is 4.74 Å². The first-order chi connectivity index (χ1) is 9.34. The number of nitrogens with one attached hydrogen (secondary N) is 1. The molecule has 0 amide bonds. The van der Waals surface area contributed by atoms with Gasteiger partial charge < -0.3 is 10.5 Å². The summed E-state index contributed by atoms with van der Waals surface area (Å²) < 4.78 is 6.06. The molecule has 2 saturated carbocycles. The Morgan fingerprint density at radius 2 is 2.20 bits per heavy atom. The lowest BCUT2D eigenvalue weighted by atomic mass is 9.70. The average Bonchev–Trinajstić information content (AvgIpc) is 2.72. The molecule has 3 atom stereocenters. The van der Waals surface area contributed by atoms with Crippen LogP contribution >= 0.6 is 0 Å². The Morgan fingerprint density at radius 1 is 1.45 bits per heavy atom. The van der Waals surface area contributed by atoms with Crippen LogP contribution < -0.4 is 10.5 Å². The number of hydrogen-bond acceptors (Lipinski definition) is 4. The van der Waals surface area contributed by atoms with E-state index in [0.717, 1.165) is 6.42 Å². The third-order valence-electron chi connectivity index (χ3n) is 5.87. The normalized spacial score (nSPS) is 34.1. The van der Waals surface area contributed by atoms with Crippen LogP contribution in [0.5, 0.6) is 6.01 Å². The van der Waals surface area contributed by atoms with Crippen molar-refractivity contribution in [3.05, 3.63) is 18.0 Å². The molecule has 1 aromatic rings. The van der Waals surface area contributed by atoms with E-state index >= 15 is 0 Å². The van der Waals surface area contributed by atoms with E-state index in [1.807, 2.05) is 0 Å². The van der Waals surface area contributed by atoms with Gasteiger partial charge in [0.2, 0.25) is 0 Å². The van der Waals surface area contributed by atoms with Gasteiger partial charge in [0, 0.05) is 11.6 Å². The second kappa shape index (κ2) is 4.17. The largest absolute Gasteiger partial charge is 0.460 e. The van der Waals surface area contributed by atoms with E-state index in [1.54, 1.807) is 12.3 Å². The van der Waals surface area contributed by atoms with Crippen molar-refractivity contribution in [1.29, 1.82) is 5.41 Å². The van der Waals surface area contributed by atoms with Gasteiger partial charge in [0.1, 0.15) is 17.6 Å². The highest BCUT2D eigenvalue weighted by molar-refractivity contribution is 5.92. The lowest BCUT2D eigenvalue weighted by Gasteiger charge is -2.38. The third-order valence-corrected chi connectivity index (χ3v) is 5.87. The first-order valence-electron chi connectivity index (χ1n) is 7.19. The maximum atomic E-state index is 7.43. The van der Waals surface area contributed by atoms with Crippen LogP contribution in [-0.2, 0) is 0 Å². The first-order valence-corrected chi connectivity index (χ1v) is 7.19. The number of fused-ring (bicyclic) bond motifs is 2. The highest BCUT2D eigenvalue weighted by Gasteiger charge is 2.62. The molecule has 5 nitrogen and oxygen atoms in total. The van der Waals surface area contributed by atoms with Gasteiger partial charge in [0.25, 0.3) is 0 Å². The zero-order valence-corrected chi connectivity index (χ0v) is 12.3. The zero-order chi connectivity index (χ0) is 14.5. The Kier molecular flexibility index (Phi) is 2.78. The summed E-state index contributed by atoms with van der Waals surface area (Å²) in [4.78, 5) is 8.38. The van der Waals surface area contributed by atoms with Crippen LogP contribution in [0.4, 0.5) is 0 Å². The summed E-state index contributed by atoms with van der Waals surface area (Å²) >= 11 is 0. The van der Waals surface area contributed by atoms with Gasteiger partial charge in [-0.3, -0.25) is 5.41 Å². The molecule has 5 heteroatoms. The summed E-state index contributed by atoms with van der Waals surface area (Å²) in [5.74, 6) is 0.658. The van der Waals surface area contributed by atoms with E-state index < -0.39 is 0 Å². The maximum Gasteiger partial charge on any atom is 0.317 e. The molecule has 1 heterocycles. The lowest BCUT2D eigenvalue weighted by Crippen LogP contribution is -2.39. The topological polar surface area (TPSA) is 84.9 Å². The van der Waals surface area contributed by atoms with E-state index in [1.165, 1.54) is 12.8 Å². The van der Waals surface area contributed by atoms with Gasteiger partial charge in [-0.2, -0.15) is 4.98 Å². The Morgan fingerprint density at radius 3 is 2.75 bits per heavy atom. The van der Waals surface area contributed by atoms with Crippen LogP contribution in [0.1, 0.15) is 45.7 Å². The molecule has 3 rings (SSSR count). The minimum atomic E-state index is -0.0586. The summed E-state index contributed by atoms with van der Waals surface area (Å²) in [7, 11) is 0. The fourth-order valence-electron chi connectivity index (χ4n) is 3.98. The van der Waals surface area contributed by atoms with Crippen LogP contribution in [0.25, 0.3) is 0 Å². The monoisotopic (exact) mass is 274 g/mol. The van der Waals surface area contributed by atoms with Crippen LogP contribution in [-0.4, -0.2) is 21.9 Å². The molecular weight excluding hydrogens is 252 g/mol. The Hall–Kier alpha value is -1.65. The minimum Gasteiger partial charge on any atom is -0.460 e. The van der Waals surface area contributed by atoms with Crippen molar-refractivity contribution in [2.24, 2.45) is 22.5 Å². The van der Waals surface area contributed by atoms with Gasteiger partial charge >= 0.3 is 6.01 Å². The first kappa shape index (κ1) is 13.3. The SMILES string of the molecule is CC1(C)C2CCC1(C)C(Oc1nccc(C(=N)N)n1)C2. The summed E-state index contributed by atoms with van der Waals surface area (Å²) in [6.45, 7) is 7.02. The fraction of sp³-hybridized carbons (Fsp3) is 0.667. The van der Waals surface area contributed by atoms with Crippen LogP contribution in [0.15, 0.2) is 12.3 Å². The summed E-state index contributed by atoms with van der Waals surface area (Å²) in [6, 6.07) is 1.97. The molecule has 3 unspecified atom stereocenters. The summed E-state index contributed by atoms with van der Waals surface area (Å²) in [5, 5.41) is 7.43. The van der Waals surface area contributed by atoms with Crippen LogP contribution in [0.3, 0.4) is 0 Å². The van der Waals surface area contributed by atoms with E-state index in [0.29, 0.717) is 23.0 Å². The van der Waals surface area contributed by atoms with Gasteiger partial charge in [0.05, 0.1) is 0 Å². The average molecular weight is 274 g/mol. The van der Waals surface area contributed by atoms with Crippen molar-refractivity contribution in [3.8, 4) is 6.01 Å². The number of nitrogen functional groups attached to an aromatic ring is 1. The zero-order valence-electron chi connectivity index (χ0n) is 12.3. The standard InChI is InChI=1S/C15H22N4O/c1-14(2)9-4-6-15(14,3)11(8-9)20-13-18-7-5-10(19-13)12(16)17/h5,7,9,11H,4,6,8H2,1-3H3,(H3,16,17). The molecule has 0 spiro atoms. The minimum absolute atomic E-state index is 0.0586. The van der Waals surface area contributed by atoms with Crippen molar-refractivity contribution in [2.75, 3.05) is 0 Å². The second-order valence-corrected chi connectivity index (χ2v) is 6.86. The molecule has 108 valence electrons. The van der Waals surface area contributed by atoms with Crippen LogP contribution in [0, 0.1) is 22.2 Å². The Bertz CT molecular complexity index is 557. The van der Waals surface area contributed by atoms with Crippen molar-refractivity contribution >= 4 is 5.84 Å². The van der Waals surface area contributed by atoms with Crippen molar-refractivity contribution in [2.45, 2.75) is 46.1 Å². The Labute approximate surface area is 119 Å². The van der Waals surface area contributed by atoms with Gasteiger partial charge in [-0.15, -0.1) is 0 Å². The Balaban J connectivity index is 1.83. The second-order valence-electron chi connectivity index (χ2n) is 6.86. The smallest absolute Gasteiger partial charge is 0.317 e. The molecule has 2 bridgehead atoms. The number of hydrogen-bond donors (Lipinski definition) is 2. The van der Waals surface area contributed by atoms with E-state index in [4.69, 9.17) is 15.9 Å². The highest BCUT2D eigenvalue weighted by atomic mass is 16.5. The maximum absolute atomic E-state index is 7.43. The highest BCUT2D eigenvalue weighted by Crippen LogP contribution is 2.65. The molecule has 0 saturated heterocycles. The van der Waals surface area contributed by atoms with Gasteiger partial charge in [-0.25, -0.2) is 4.98 Å². The van der Waals surface area contributed by atoms with E-state index in [-0.39, 0.29) is 17.4 Å². The van der Waals surface area contributed by atoms with Crippen molar-refractivity contribution in [1.82, 2.24) is 9.97 Å². The van der Waals surface area contributed by atoms with Crippen molar-refractivity contribution in [3.63, 3.8) is 0 Å². The van der Waals surface area contributed by atoms with E-state index in [2.05, 4.69) is 30.7 Å². The number of nitrogens with zero attached hydrogens (tertiary/aromatic N) is 2. The number of amidine groups is 1. The molecule has 2 fully saturated rings. The molecule has 0 radical (unpaired) electrons. The number of rotatable bonds is 3. The fourth-order valence-corrected chi connectivity index (χ4v) is 3.98. The molecule has 20 heavy (non-hydrogen) atoms. The number of nitrogens with two attached hydrogens (primary N) is 1. The predicted molar refractivity (Wildman–Crippen MR) is 76.7 cm³/mol. The quantitative estimate of drug-likeness (QED) is 0.654. The van der Waals surface area contributed by atoms with Crippen LogP contribution in [0.2, 0.25) is 0 Å². The van der Waals surface area contributed by atoms with E-state index in [9.17, 15) is 0 Å². The van der Waals surface area contributed by atoms with Gasteiger partial charge in [0.15, 0.2) is 0 Å². The number of ether oxygens (including phenoxy) is 1. The molecule has 1 aromatic heterocycles. The molecular formula is C15H22N4O. The molecule has 3 N–H and O–H groups in total. The molecule has 2 aliphatic carbocycles. The third kappa shape index (κ3) is 1.72. The summed E-state index contributed by atoms with van der Waals surface area (Å²) in [6.07, 6.45) is 5.30. The molecule has 0 aromatic carbocycles. The van der Waals surface area contributed by atoms with Gasteiger partial charge in [-0.05, 0) is 36.7 Å². The molecule has 2 aliphatic rings. The number of aromatic nitrogens is 2.